The first-order valence-electron chi connectivity index (χ1n) is 7.45. The minimum Gasteiger partial charge on any atom is -0.337 e. The molecular weight excluding hydrogens is 354 g/mol. The molecule has 0 fully saturated rings. The van der Waals surface area contributed by atoms with Crippen LogP contribution in [0.3, 0.4) is 0 Å². The van der Waals surface area contributed by atoms with Gasteiger partial charge in [-0.2, -0.15) is 0 Å². The van der Waals surface area contributed by atoms with E-state index in [4.69, 9.17) is 0 Å². The van der Waals surface area contributed by atoms with Crippen molar-refractivity contribution in [1.29, 1.82) is 0 Å². The molecule has 2 aromatic carbocycles. The van der Waals surface area contributed by atoms with Gasteiger partial charge >= 0.3 is 0 Å². The summed E-state index contributed by atoms with van der Waals surface area (Å²) in [6, 6.07) is 13.7. The second-order valence-corrected chi connectivity index (χ2v) is 8.39. The third-order valence-corrected chi connectivity index (χ3v) is 6.65. The molecular formula is C18H13N3O2S2. The van der Waals surface area contributed by atoms with Gasteiger partial charge in [-0.05, 0) is 29.8 Å². The molecule has 0 unspecified atom stereocenters. The van der Waals surface area contributed by atoms with E-state index in [1.54, 1.807) is 54.9 Å². The van der Waals surface area contributed by atoms with Crippen LogP contribution in [0.2, 0.25) is 0 Å². The first kappa shape index (κ1) is 15.9. The number of rotatable bonds is 3. The fourth-order valence-corrected chi connectivity index (χ4v) is 4.62. The quantitative estimate of drug-likeness (QED) is 0.587. The summed E-state index contributed by atoms with van der Waals surface area (Å²) in [7, 11) is -3.64. The Hall–Kier alpha value is -2.64. The van der Waals surface area contributed by atoms with E-state index in [0.29, 0.717) is 11.4 Å². The molecule has 0 saturated heterocycles. The van der Waals surface area contributed by atoms with Gasteiger partial charge in [0.1, 0.15) is 5.03 Å². The minimum absolute atomic E-state index is 0.0678. The van der Waals surface area contributed by atoms with Gasteiger partial charge in [-0.3, -0.25) is 0 Å². The van der Waals surface area contributed by atoms with E-state index in [1.807, 2.05) is 6.07 Å². The van der Waals surface area contributed by atoms with Crippen molar-refractivity contribution in [3.8, 4) is 0 Å². The van der Waals surface area contributed by atoms with Crippen molar-refractivity contribution < 1.29 is 8.42 Å². The van der Waals surface area contributed by atoms with Crippen LogP contribution in [-0.2, 0) is 9.84 Å². The van der Waals surface area contributed by atoms with Gasteiger partial charge in [0.25, 0.3) is 0 Å². The molecule has 1 aliphatic heterocycles. The topological polar surface area (TPSA) is 72.0 Å². The smallest absolute Gasteiger partial charge is 0.206 e. The Bertz CT molecular complexity index is 1080. The second kappa shape index (κ2) is 6.02. The molecule has 0 bridgehead atoms. The highest BCUT2D eigenvalue weighted by atomic mass is 32.2. The minimum atomic E-state index is -3.64. The number of benzene rings is 2. The van der Waals surface area contributed by atoms with Crippen molar-refractivity contribution in [3.05, 3.63) is 73.1 Å². The highest BCUT2D eigenvalue weighted by molar-refractivity contribution is 8.00. The number of fused-ring (bicyclic) bond motifs is 2. The zero-order valence-corrected chi connectivity index (χ0v) is 14.6. The summed E-state index contributed by atoms with van der Waals surface area (Å²) in [5.74, 6) is 0.661. The maximum atomic E-state index is 12.8. The summed E-state index contributed by atoms with van der Waals surface area (Å²) in [5, 5.41) is 3.99. The molecule has 124 valence electrons. The van der Waals surface area contributed by atoms with Gasteiger partial charge in [-0.15, -0.1) is 0 Å². The highest BCUT2D eigenvalue weighted by Crippen LogP contribution is 2.43. The predicted octanol–water partition coefficient (Wildman–Crippen LogP) is 4.13. The van der Waals surface area contributed by atoms with Gasteiger partial charge in [0.2, 0.25) is 9.84 Å². The maximum Gasteiger partial charge on any atom is 0.206 e. The third-order valence-electron chi connectivity index (χ3n) is 3.80. The largest absolute Gasteiger partial charge is 0.337 e. The summed E-state index contributed by atoms with van der Waals surface area (Å²) in [6.07, 6.45) is 3.25. The molecule has 0 spiro atoms. The lowest BCUT2D eigenvalue weighted by Gasteiger charge is -2.19. The van der Waals surface area contributed by atoms with Gasteiger partial charge in [-0.1, -0.05) is 42.6 Å². The lowest BCUT2D eigenvalue weighted by atomic mass is 10.2. The van der Waals surface area contributed by atoms with E-state index < -0.39 is 9.84 Å². The summed E-state index contributed by atoms with van der Waals surface area (Å²) in [6.45, 7) is 3.82. The number of nitrogens with zero attached hydrogens (tertiary/aromatic N) is 2. The molecule has 4 rings (SSSR count). The van der Waals surface area contributed by atoms with Crippen LogP contribution < -0.4 is 5.32 Å². The molecule has 0 atom stereocenters. The van der Waals surface area contributed by atoms with Crippen LogP contribution in [0.25, 0.3) is 4.91 Å². The number of hydrogen-bond donors (Lipinski definition) is 1. The monoisotopic (exact) mass is 367 g/mol. The molecule has 2 heterocycles. The molecule has 0 amide bonds. The SMILES string of the molecule is C=C(c1ccc2c(c1)Nc1nccnc1S2)S(=O)(=O)c1ccccc1. The van der Waals surface area contributed by atoms with Gasteiger partial charge < -0.3 is 5.32 Å². The lowest BCUT2D eigenvalue weighted by molar-refractivity contribution is 0.606. The second-order valence-electron chi connectivity index (χ2n) is 5.39. The Kier molecular flexibility index (Phi) is 3.82. The van der Waals surface area contributed by atoms with Gasteiger partial charge in [0, 0.05) is 17.3 Å². The molecule has 5 nitrogen and oxygen atoms in total. The van der Waals surface area contributed by atoms with Crippen LogP contribution in [0.15, 0.2) is 82.3 Å². The molecule has 0 aliphatic carbocycles. The molecule has 25 heavy (non-hydrogen) atoms. The Morgan fingerprint density at radius 1 is 1.04 bits per heavy atom. The van der Waals surface area contributed by atoms with Crippen LogP contribution in [-0.4, -0.2) is 18.4 Å². The maximum absolute atomic E-state index is 12.8. The van der Waals surface area contributed by atoms with E-state index >= 15 is 0 Å². The Balaban J connectivity index is 1.71. The van der Waals surface area contributed by atoms with Gasteiger partial charge in [-0.25, -0.2) is 18.4 Å². The van der Waals surface area contributed by atoms with E-state index in [0.717, 1.165) is 15.6 Å². The van der Waals surface area contributed by atoms with Crippen molar-refractivity contribution in [3.63, 3.8) is 0 Å². The van der Waals surface area contributed by atoms with Gasteiger partial charge in [0.05, 0.1) is 15.5 Å². The average molecular weight is 367 g/mol. The summed E-state index contributed by atoms with van der Waals surface area (Å²) >= 11 is 1.49. The summed E-state index contributed by atoms with van der Waals surface area (Å²) < 4.78 is 25.5. The lowest BCUT2D eigenvalue weighted by Crippen LogP contribution is -2.06. The standard InChI is InChI=1S/C18H13N3O2S2/c1-12(25(22,23)14-5-3-2-4-6-14)13-7-8-16-15(11-13)21-17-18(24-16)20-10-9-19-17/h2-11H,1H2,(H,19,21). The number of hydrogen-bond acceptors (Lipinski definition) is 6. The van der Waals surface area contributed by atoms with Gasteiger partial charge in [0.15, 0.2) is 5.82 Å². The average Bonchev–Trinajstić information content (AvgIpc) is 2.66. The zero-order chi connectivity index (χ0) is 17.4. The van der Waals surface area contributed by atoms with Crippen LogP contribution in [0.5, 0.6) is 0 Å². The van der Waals surface area contributed by atoms with Crippen molar-refractivity contribution in [2.45, 2.75) is 14.8 Å². The normalized spacial score (nSPS) is 12.6. The van der Waals surface area contributed by atoms with Crippen LogP contribution in [0, 0.1) is 0 Å². The van der Waals surface area contributed by atoms with Crippen molar-refractivity contribution in [2.75, 3.05) is 5.32 Å². The number of nitrogens with one attached hydrogen (secondary N) is 1. The molecule has 7 heteroatoms. The number of anilines is 2. The van der Waals surface area contributed by atoms with E-state index in [2.05, 4.69) is 21.9 Å². The van der Waals surface area contributed by atoms with E-state index in [1.165, 1.54) is 11.8 Å². The molecule has 3 aromatic rings. The van der Waals surface area contributed by atoms with E-state index in [-0.39, 0.29) is 9.80 Å². The molecule has 0 saturated carbocycles. The number of aromatic nitrogens is 2. The Labute approximate surface area is 149 Å². The third kappa shape index (κ3) is 2.81. The Morgan fingerprint density at radius 3 is 2.60 bits per heavy atom. The summed E-state index contributed by atoms with van der Waals surface area (Å²) in [5.41, 5.74) is 1.34. The molecule has 1 aromatic heterocycles. The zero-order valence-electron chi connectivity index (χ0n) is 13.0. The summed E-state index contributed by atoms with van der Waals surface area (Å²) in [4.78, 5) is 9.79. The Morgan fingerprint density at radius 2 is 1.80 bits per heavy atom. The fourth-order valence-electron chi connectivity index (χ4n) is 2.50. The van der Waals surface area contributed by atoms with Crippen molar-refractivity contribution in [2.24, 2.45) is 0 Å². The van der Waals surface area contributed by atoms with Crippen molar-refractivity contribution in [1.82, 2.24) is 9.97 Å². The van der Waals surface area contributed by atoms with Crippen molar-refractivity contribution >= 4 is 38.0 Å². The number of sulfone groups is 1. The van der Waals surface area contributed by atoms with Crippen LogP contribution >= 0.6 is 11.8 Å². The first-order valence-corrected chi connectivity index (χ1v) is 9.75. The van der Waals surface area contributed by atoms with Crippen LogP contribution in [0.4, 0.5) is 11.5 Å². The first-order chi connectivity index (χ1) is 12.1. The fraction of sp³-hybridized carbons (Fsp3) is 0. The molecule has 1 aliphatic rings. The van der Waals surface area contributed by atoms with E-state index in [9.17, 15) is 8.42 Å². The predicted molar refractivity (Wildman–Crippen MR) is 98.5 cm³/mol. The molecule has 1 N–H and O–H groups in total. The molecule has 0 radical (unpaired) electrons. The van der Waals surface area contributed by atoms with Crippen LogP contribution in [0.1, 0.15) is 5.56 Å². The highest BCUT2D eigenvalue weighted by Gasteiger charge is 2.23.